The summed E-state index contributed by atoms with van der Waals surface area (Å²) in [5.74, 6) is 8.13. The van der Waals surface area contributed by atoms with Crippen molar-refractivity contribution in [2.24, 2.45) is 0 Å². The Bertz CT molecular complexity index is 1600. The molecule has 4 aromatic rings. The lowest BCUT2D eigenvalue weighted by molar-refractivity contribution is -0.113. The van der Waals surface area contributed by atoms with Crippen molar-refractivity contribution in [3.8, 4) is 23.0 Å². The number of carbonyl (C=O) groups excluding carboxylic acids is 4. The predicted octanol–water partition coefficient (Wildman–Crippen LogP) is 9.28. The van der Waals surface area contributed by atoms with Crippen LogP contribution in [0.1, 0.15) is 0 Å². The van der Waals surface area contributed by atoms with Crippen LogP contribution in [0.5, 0.6) is 23.0 Å². The van der Waals surface area contributed by atoms with Gasteiger partial charge in [0.25, 0.3) is 0 Å². The van der Waals surface area contributed by atoms with Gasteiger partial charge >= 0.3 is 0 Å². The van der Waals surface area contributed by atoms with Crippen molar-refractivity contribution >= 4 is 103 Å². The molecule has 0 heterocycles. The first-order chi connectivity index (χ1) is 27.9. The van der Waals surface area contributed by atoms with Gasteiger partial charge in [0.2, 0.25) is 20.5 Å². The zero-order valence-electron chi connectivity index (χ0n) is 31.3. The molecule has 0 spiro atoms. The molecule has 0 N–H and O–H groups in total. The van der Waals surface area contributed by atoms with Crippen LogP contribution in [0.4, 0.5) is 0 Å². The van der Waals surface area contributed by atoms with Gasteiger partial charge in [-0.2, -0.15) is 35.3 Å². The van der Waals surface area contributed by atoms with Crippen LogP contribution >= 0.6 is 82.3 Å². The summed E-state index contributed by atoms with van der Waals surface area (Å²) in [5.41, 5.74) is 0. The molecule has 0 radical (unpaired) electrons. The maximum atomic E-state index is 12.9. The molecule has 15 heteroatoms. The molecule has 8 nitrogen and oxygen atoms in total. The lowest BCUT2D eigenvalue weighted by Crippen LogP contribution is -2.23. The summed E-state index contributed by atoms with van der Waals surface area (Å²) in [5, 5.41) is 0.0274. The van der Waals surface area contributed by atoms with E-state index in [-0.39, 0.29) is 57.4 Å². The monoisotopic (exact) mass is 902 g/mol. The molecule has 0 bridgehead atoms. The summed E-state index contributed by atoms with van der Waals surface area (Å²) in [7, 11) is 0. The minimum absolute atomic E-state index is 0.0158. The second-order valence-corrected chi connectivity index (χ2v) is 20.1. The third kappa shape index (κ3) is 22.2. The van der Waals surface area contributed by atoms with E-state index in [4.69, 9.17) is 18.9 Å². The van der Waals surface area contributed by atoms with Gasteiger partial charge in [-0.1, -0.05) is 120 Å². The van der Waals surface area contributed by atoms with Gasteiger partial charge in [-0.05, 0) is 48.5 Å². The zero-order chi connectivity index (χ0) is 40.2. The van der Waals surface area contributed by atoms with Crippen molar-refractivity contribution in [1.82, 2.24) is 0 Å². The van der Waals surface area contributed by atoms with Crippen molar-refractivity contribution in [2.75, 3.05) is 72.5 Å². The van der Waals surface area contributed by atoms with Gasteiger partial charge in [0.15, 0.2) is 26.4 Å². The molecule has 2 unspecified atom stereocenters. The van der Waals surface area contributed by atoms with Crippen LogP contribution in [0, 0.1) is 0 Å². The van der Waals surface area contributed by atoms with E-state index in [2.05, 4.69) is 0 Å². The van der Waals surface area contributed by atoms with Crippen LogP contribution in [0.15, 0.2) is 121 Å². The Kier molecular flexibility index (Phi) is 24.2. The maximum Gasteiger partial charge on any atom is 0.226 e. The van der Waals surface area contributed by atoms with Gasteiger partial charge in [0.1, 0.15) is 23.0 Å². The molecule has 0 aliphatic rings. The Balaban J connectivity index is 1.28. The quantitative estimate of drug-likeness (QED) is 0.0506. The molecule has 0 fully saturated rings. The third-order valence-electron chi connectivity index (χ3n) is 7.23. The highest BCUT2D eigenvalue weighted by atomic mass is 32.2. The van der Waals surface area contributed by atoms with Gasteiger partial charge in [-0.25, -0.2) is 0 Å². The number of hydrogen-bond acceptors (Lipinski definition) is 15. The smallest absolute Gasteiger partial charge is 0.226 e. The average Bonchev–Trinajstić information content (AvgIpc) is 3.25. The fraction of sp³-hybridized carbons (Fsp3) is 0.333. The number of rotatable bonds is 28. The van der Waals surface area contributed by atoms with Crippen LogP contribution in [0.25, 0.3) is 0 Å². The van der Waals surface area contributed by atoms with E-state index in [0.717, 1.165) is 23.0 Å². The summed E-state index contributed by atoms with van der Waals surface area (Å²) in [6, 6.07) is 37.1. The van der Waals surface area contributed by atoms with E-state index in [1.165, 1.54) is 47.0 Å². The molecular weight excluding hydrogens is 857 g/mol. The van der Waals surface area contributed by atoms with E-state index >= 15 is 0 Å². The summed E-state index contributed by atoms with van der Waals surface area (Å²) < 4.78 is 22.6. The molecule has 304 valence electrons. The first kappa shape index (κ1) is 46.9. The van der Waals surface area contributed by atoms with E-state index in [1.807, 2.05) is 121 Å². The largest absolute Gasteiger partial charge is 0.485 e. The molecular formula is C42H46O8S7. The van der Waals surface area contributed by atoms with Crippen LogP contribution in [-0.4, -0.2) is 103 Å². The topological polar surface area (TPSA) is 105 Å². The fourth-order valence-electron chi connectivity index (χ4n) is 4.56. The number of ether oxygens (including phenoxy) is 4. The highest BCUT2D eigenvalue weighted by Crippen LogP contribution is 2.31. The van der Waals surface area contributed by atoms with Crippen molar-refractivity contribution in [3.05, 3.63) is 121 Å². The Hall–Kier alpha value is -2.79. The standard InChI is InChI=1S/C42H46O8S7/c43-39(25-47-33-13-5-1-6-14-33)53-23-21-51-29-37(31-55-41(45)27-49-35-17-9-3-10-18-35)57-38(32-56-42(46)28-50-36-19-11-4-12-20-36)30-52-22-24-54-40(44)26-48-34-15-7-2-8-16-34/h1-20,37-38H,21-32H2. The second kappa shape index (κ2) is 29.4. The highest BCUT2D eigenvalue weighted by molar-refractivity contribution is 8.16. The molecule has 0 saturated carbocycles. The molecule has 4 aromatic carbocycles. The Morgan fingerprint density at radius 1 is 0.368 bits per heavy atom. The number of carbonyl (C=O) groups is 4. The molecule has 0 saturated heterocycles. The van der Waals surface area contributed by atoms with E-state index in [9.17, 15) is 19.2 Å². The van der Waals surface area contributed by atoms with Crippen LogP contribution in [0.2, 0.25) is 0 Å². The predicted molar refractivity (Wildman–Crippen MR) is 247 cm³/mol. The second-order valence-electron chi connectivity index (χ2n) is 11.7. The van der Waals surface area contributed by atoms with E-state index < -0.39 is 0 Å². The first-order valence-corrected chi connectivity index (χ1v) is 25.3. The third-order valence-corrected chi connectivity index (χ3v) is 16.0. The van der Waals surface area contributed by atoms with Gasteiger partial charge < -0.3 is 18.9 Å². The molecule has 0 aliphatic heterocycles. The van der Waals surface area contributed by atoms with E-state index in [0.29, 0.717) is 46.0 Å². The van der Waals surface area contributed by atoms with Gasteiger partial charge in [-0.15, -0.1) is 0 Å². The number of para-hydroxylation sites is 4. The summed E-state index contributed by atoms with van der Waals surface area (Å²) in [6.45, 7) is -0.0224. The SMILES string of the molecule is O=C(COc1ccccc1)SCCSCC(CSC(=O)COc1ccccc1)SC(CSCCSC(=O)COc1ccccc1)CSC(=O)COc1ccccc1. The van der Waals surface area contributed by atoms with Crippen LogP contribution in [-0.2, 0) is 19.2 Å². The normalized spacial score (nSPS) is 11.9. The molecule has 57 heavy (non-hydrogen) atoms. The van der Waals surface area contributed by atoms with Crippen molar-refractivity contribution in [1.29, 1.82) is 0 Å². The lowest BCUT2D eigenvalue weighted by atomic mass is 10.3. The van der Waals surface area contributed by atoms with Gasteiger partial charge in [0, 0.05) is 56.5 Å². The number of thioether (sulfide) groups is 7. The maximum absolute atomic E-state index is 12.9. The number of hydrogen-bond donors (Lipinski definition) is 0. The Morgan fingerprint density at radius 3 is 0.947 bits per heavy atom. The first-order valence-electron chi connectivity index (χ1n) is 18.1. The molecule has 2 atom stereocenters. The van der Waals surface area contributed by atoms with Crippen molar-refractivity contribution in [3.63, 3.8) is 0 Å². The van der Waals surface area contributed by atoms with Crippen molar-refractivity contribution in [2.45, 2.75) is 10.5 Å². The molecule has 0 amide bonds. The zero-order valence-corrected chi connectivity index (χ0v) is 37.0. The fourth-order valence-corrected chi connectivity index (χ4v) is 12.4. The minimum Gasteiger partial charge on any atom is -0.485 e. The molecule has 0 aliphatic carbocycles. The highest BCUT2D eigenvalue weighted by Gasteiger charge is 2.21. The Labute approximate surface area is 365 Å². The average molecular weight is 903 g/mol. The van der Waals surface area contributed by atoms with Crippen LogP contribution < -0.4 is 18.9 Å². The Morgan fingerprint density at radius 2 is 0.649 bits per heavy atom. The van der Waals surface area contributed by atoms with E-state index in [1.54, 1.807) is 35.3 Å². The molecule has 0 aromatic heterocycles. The number of benzene rings is 4. The summed E-state index contributed by atoms with van der Waals surface area (Å²) >= 11 is 10.3. The lowest BCUT2D eigenvalue weighted by Gasteiger charge is -2.23. The van der Waals surface area contributed by atoms with Gasteiger partial charge in [0.05, 0.1) is 0 Å². The minimum atomic E-state index is -0.0551. The van der Waals surface area contributed by atoms with Crippen LogP contribution in [0.3, 0.4) is 0 Å². The summed E-state index contributed by atoms with van der Waals surface area (Å²) in [4.78, 5) is 50.7. The molecule has 4 rings (SSSR count). The van der Waals surface area contributed by atoms with Crippen molar-refractivity contribution < 1.29 is 38.1 Å². The van der Waals surface area contributed by atoms with Gasteiger partial charge in [-0.3, -0.25) is 19.2 Å². The summed E-state index contributed by atoms with van der Waals surface area (Å²) in [6.07, 6.45) is 0.